The number of aliphatic imine (C=N–C) groups is 1. The number of rotatable bonds is 8. The quantitative estimate of drug-likeness (QED) is 0.562. The van der Waals surface area contributed by atoms with E-state index in [1.165, 1.54) is 22.0 Å². The minimum absolute atomic E-state index is 0.613. The smallest absolute Gasteiger partial charge is 0.136 e. The molecule has 1 aromatic heterocycles. The van der Waals surface area contributed by atoms with Crippen molar-refractivity contribution in [2.24, 2.45) is 4.99 Å². The third-order valence-electron chi connectivity index (χ3n) is 4.99. The highest BCUT2D eigenvalue weighted by molar-refractivity contribution is 6.27. The molecule has 0 N–H and O–H groups in total. The van der Waals surface area contributed by atoms with Crippen LogP contribution in [0.4, 0.5) is 5.69 Å². The monoisotopic (exact) mass is 357 g/mol. The fourth-order valence-electron chi connectivity index (χ4n) is 3.72. The number of benzene rings is 2. The molecular weight excluding hydrogens is 334 g/mol. The summed E-state index contributed by atoms with van der Waals surface area (Å²) in [4.78, 5) is 11.4. The van der Waals surface area contributed by atoms with Crippen LogP contribution in [0.15, 0.2) is 60.1 Å². The van der Waals surface area contributed by atoms with E-state index >= 15 is 0 Å². The maximum atomic E-state index is 8.80. The lowest BCUT2D eigenvalue weighted by atomic mass is 10.1. The number of imidazole rings is 1. The van der Waals surface area contributed by atoms with E-state index in [4.69, 9.17) is 10.3 Å². The van der Waals surface area contributed by atoms with E-state index in [1.807, 2.05) is 18.7 Å². The number of aromatic nitrogens is 2. The van der Waals surface area contributed by atoms with E-state index < -0.39 is 0 Å². The van der Waals surface area contributed by atoms with Gasteiger partial charge in [-0.15, -0.1) is 0 Å². The largest absolute Gasteiger partial charge is 0.337 e. The summed E-state index contributed by atoms with van der Waals surface area (Å²) in [5.41, 5.74) is 2.47. The molecule has 27 heavy (non-hydrogen) atoms. The van der Waals surface area contributed by atoms with Crippen molar-refractivity contribution in [2.45, 2.75) is 32.2 Å². The van der Waals surface area contributed by atoms with Gasteiger partial charge in [-0.1, -0.05) is 30.3 Å². The van der Waals surface area contributed by atoms with Crippen LogP contribution in [0.5, 0.6) is 0 Å². The summed E-state index contributed by atoms with van der Waals surface area (Å²) in [7, 11) is 0. The summed E-state index contributed by atoms with van der Waals surface area (Å²) >= 11 is 0. The molecule has 0 atom stereocenters. The summed E-state index contributed by atoms with van der Waals surface area (Å²) in [6.45, 7) is 2.61. The van der Waals surface area contributed by atoms with Crippen LogP contribution in [0.25, 0.3) is 10.8 Å². The normalized spacial score (nSPS) is 14.2. The molecule has 4 rings (SSSR count). The van der Waals surface area contributed by atoms with Crippen molar-refractivity contribution in [2.75, 3.05) is 18.0 Å². The molecule has 5 heteroatoms. The number of aryl methyl sites for hydroxylation is 1. The van der Waals surface area contributed by atoms with E-state index in [0.29, 0.717) is 6.42 Å². The number of nitrogens with zero attached hydrogens (tertiary/aromatic N) is 5. The first-order valence-corrected chi connectivity index (χ1v) is 9.55. The number of hydrogen-bond donors (Lipinski definition) is 0. The molecule has 1 aliphatic rings. The molecule has 0 amide bonds. The average Bonchev–Trinajstić information content (AvgIpc) is 3.31. The molecule has 0 bridgehead atoms. The first-order chi connectivity index (χ1) is 13.4. The molecule has 0 radical (unpaired) electrons. The van der Waals surface area contributed by atoms with Crippen molar-refractivity contribution in [1.29, 1.82) is 5.26 Å². The highest BCUT2D eigenvalue weighted by Crippen LogP contribution is 2.37. The highest BCUT2D eigenvalue weighted by atomic mass is 15.2. The second-order valence-electron chi connectivity index (χ2n) is 6.81. The number of unbranched alkanes of at least 4 members (excludes halogenated alkanes) is 2. The molecule has 2 aromatic carbocycles. The standard InChI is InChI=1S/C22H23N5/c23-11-2-1-3-15-27-20-10-5-8-18-7-4-9-19(21(18)20)22(27)25-12-6-14-26-16-13-24-17-26/h4-5,7-10,13,16-17H,1-3,6,12,14-15H2/b25-22-. The molecule has 2 heterocycles. The van der Waals surface area contributed by atoms with Crippen LogP contribution in [0.1, 0.15) is 31.2 Å². The van der Waals surface area contributed by atoms with E-state index in [1.54, 1.807) is 0 Å². The fourth-order valence-corrected chi connectivity index (χ4v) is 3.72. The van der Waals surface area contributed by atoms with Crippen LogP contribution in [0.2, 0.25) is 0 Å². The average molecular weight is 357 g/mol. The first kappa shape index (κ1) is 17.3. The van der Waals surface area contributed by atoms with Crippen LogP contribution < -0.4 is 4.90 Å². The summed E-state index contributed by atoms with van der Waals surface area (Å²) in [6.07, 6.45) is 9.15. The highest BCUT2D eigenvalue weighted by Gasteiger charge is 2.27. The molecule has 5 nitrogen and oxygen atoms in total. The van der Waals surface area contributed by atoms with Gasteiger partial charge in [-0.25, -0.2) is 4.98 Å². The zero-order valence-electron chi connectivity index (χ0n) is 15.4. The molecular formula is C22H23N5. The Bertz CT molecular complexity index is 976. The Morgan fingerprint density at radius 3 is 2.74 bits per heavy atom. The van der Waals surface area contributed by atoms with Crippen LogP contribution in [-0.4, -0.2) is 28.5 Å². The minimum atomic E-state index is 0.613. The lowest BCUT2D eigenvalue weighted by Gasteiger charge is -2.21. The summed E-state index contributed by atoms with van der Waals surface area (Å²) in [5, 5.41) is 11.4. The third-order valence-corrected chi connectivity index (χ3v) is 4.99. The van der Waals surface area contributed by atoms with Crippen LogP contribution in [-0.2, 0) is 6.54 Å². The van der Waals surface area contributed by atoms with Gasteiger partial charge in [0.15, 0.2) is 0 Å². The zero-order valence-corrected chi connectivity index (χ0v) is 15.4. The summed E-state index contributed by atoms with van der Waals surface area (Å²) in [5.74, 6) is 1.07. The maximum absolute atomic E-state index is 8.80. The van der Waals surface area contributed by atoms with Gasteiger partial charge in [0.1, 0.15) is 5.84 Å². The maximum Gasteiger partial charge on any atom is 0.136 e. The molecule has 0 fully saturated rings. The molecule has 0 saturated carbocycles. The Balaban J connectivity index is 1.56. The third kappa shape index (κ3) is 3.56. The van der Waals surface area contributed by atoms with Crippen LogP contribution in [0.3, 0.4) is 0 Å². The van der Waals surface area contributed by atoms with Gasteiger partial charge < -0.3 is 9.47 Å². The van der Waals surface area contributed by atoms with E-state index in [0.717, 1.165) is 44.7 Å². The van der Waals surface area contributed by atoms with Gasteiger partial charge in [-0.2, -0.15) is 5.26 Å². The molecule has 0 saturated heterocycles. The van der Waals surface area contributed by atoms with Crippen molar-refractivity contribution < 1.29 is 0 Å². The Morgan fingerprint density at radius 1 is 1.04 bits per heavy atom. The number of anilines is 1. The van der Waals surface area contributed by atoms with Gasteiger partial charge in [-0.05, 0) is 30.7 Å². The van der Waals surface area contributed by atoms with Crippen LogP contribution in [0, 0.1) is 11.3 Å². The Hall–Kier alpha value is -3.13. The van der Waals surface area contributed by atoms with Gasteiger partial charge >= 0.3 is 0 Å². The molecule has 3 aromatic rings. The van der Waals surface area contributed by atoms with Gasteiger partial charge in [-0.3, -0.25) is 4.99 Å². The Kier molecular flexibility index (Phi) is 5.15. The summed E-state index contributed by atoms with van der Waals surface area (Å²) < 4.78 is 2.09. The van der Waals surface area contributed by atoms with Gasteiger partial charge in [0.05, 0.1) is 18.1 Å². The molecule has 136 valence electrons. The van der Waals surface area contributed by atoms with Crippen molar-refractivity contribution in [3.05, 3.63) is 60.7 Å². The second-order valence-corrected chi connectivity index (χ2v) is 6.81. The minimum Gasteiger partial charge on any atom is -0.337 e. The number of hydrogen-bond acceptors (Lipinski definition) is 3. The molecule has 0 aliphatic carbocycles. The molecule has 0 unspecified atom stereocenters. The second kappa shape index (κ2) is 8.05. The van der Waals surface area contributed by atoms with E-state index in [9.17, 15) is 0 Å². The van der Waals surface area contributed by atoms with Gasteiger partial charge in [0, 0.05) is 49.4 Å². The number of nitriles is 1. The fraction of sp³-hybridized carbons (Fsp3) is 0.318. The lowest BCUT2D eigenvalue weighted by Crippen LogP contribution is -2.29. The number of amidine groups is 1. The molecule has 1 aliphatic heterocycles. The van der Waals surface area contributed by atoms with Crippen molar-refractivity contribution in [3.8, 4) is 6.07 Å². The Morgan fingerprint density at radius 2 is 1.93 bits per heavy atom. The summed E-state index contributed by atoms with van der Waals surface area (Å²) in [6, 6.07) is 15.2. The van der Waals surface area contributed by atoms with Crippen molar-refractivity contribution in [1.82, 2.24) is 9.55 Å². The molecule has 0 spiro atoms. The van der Waals surface area contributed by atoms with Crippen molar-refractivity contribution in [3.63, 3.8) is 0 Å². The van der Waals surface area contributed by atoms with Gasteiger partial charge in [0.25, 0.3) is 0 Å². The lowest BCUT2D eigenvalue weighted by molar-refractivity contribution is 0.650. The predicted molar refractivity (Wildman–Crippen MR) is 109 cm³/mol. The SMILES string of the molecule is N#CCCCCN1/C(=N\CCCn2ccnc2)c2cccc3cccc1c23. The topological polar surface area (TPSA) is 57.2 Å². The van der Waals surface area contributed by atoms with E-state index in [2.05, 4.69) is 56.9 Å². The zero-order chi connectivity index (χ0) is 18.5. The predicted octanol–water partition coefficient (Wildman–Crippen LogP) is 4.39. The van der Waals surface area contributed by atoms with Crippen LogP contribution >= 0.6 is 0 Å². The van der Waals surface area contributed by atoms with E-state index in [-0.39, 0.29) is 0 Å². The van der Waals surface area contributed by atoms with Gasteiger partial charge in [0.2, 0.25) is 0 Å². The first-order valence-electron chi connectivity index (χ1n) is 9.55. The Labute approximate surface area is 159 Å². The van der Waals surface area contributed by atoms with Crippen molar-refractivity contribution >= 4 is 22.3 Å².